The predicted molar refractivity (Wildman–Crippen MR) is 138 cm³/mol. The van der Waals surface area contributed by atoms with E-state index in [1.54, 1.807) is 11.7 Å². The Hall–Kier alpha value is -3.39. The smallest absolute Gasteiger partial charge is 0.266 e. The fourth-order valence-corrected chi connectivity index (χ4v) is 4.45. The first-order chi connectivity index (χ1) is 15.5. The number of para-hydroxylation sites is 1. The van der Waals surface area contributed by atoms with Crippen LogP contribution in [0, 0.1) is 3.57 Å². The molecule has 5 rings (SSSR count). The third kappa shape index (κ3) is 3.60. The van der Waals surface area contributed by atoms with Crippen molar-refractivity contribution in [1.29, 1.82) is 0 Å². The fourth-order valence-electron chi connectivity index (χ4n) is 3.96. The Balaban J connectivity index is 1.75. The van der Waals surface area contributed by atoms with Gasteiger partial charge in [0.05, 0.1) is 23.7 Å². The molecule has 2 heterocycles. The topological polar surface area (TPSA) is 49.0 Å². The lowest BCUT2D eigenvalue weighted by Gasteiger charge is -2.12. The van der Waals surface area contributed by atoms with Gasteiger partial charge in [0.15, 0.2) is 0 Å². The first-order valence-corrected chi connectivity index (χ1v) is 11.2. The SMILES string of the molecule is COc1cccc(-n2c(/C=C\c3cn(C)c4ccccc34)nc3ccc(I)cc3c2=O)c1. The highest BCUT2D eigenvalue weighted by Crippen LogP contribution is 2.24. The van der Waals surface area contributed by atoms with Gasteiger partial charge in [-0.05, 0) is 71.1 Å². The number of aryl methyl sites for hydroxylation is 1. The molecule has 0 atom stereocenters. The molecule has 0 saturated carbocycles. The van der Waals surface area contributed by atoms with Gasteiger partial charge in [-0.3, -0.25) is 9.36 Å². The van der Waals surface area contributed by atoms with Crippen LogP contribution in [-0.4, -0.2) is 21.2 Å². The Morgan fingerprint density at radius 1 is 0.969 bits per heavy atom. The number of hydrogen-bond donors (Lipinski definition) is 0. The van der Waals surface area contributed by atoms with Gasteiger partial charge in [-0.25, -0.2) is 4.98 Å². The summed E-state index contributed by atoms with van der Waals surface area (Å²) < 4.78 is 10.1. The van der Waals surface area contributed by atoms with E-state index in [9.17, 15) is 4.79 Å². The van der Waals surface area contributed by atoms with Crippen LogP contribution in [0.3, 0.4) is 0 Å². The van der Waals surface area contributed by atoms with Crippen molar-refractivity contribution in [2.75, 3.05) is 7.11 Å². The summed E-state index contributed by atoms with van der Waals surface area (Å²) in [5.41, 5.74) is 3.49. The van der Waals surface area contributed by atoms with E-state index in [-0.39, 0.29) is 5.56 Å². The molecule has 32 heavy (non-hydrogen) atoms. The van der Waals surface area contributed by atoms with Crippen molar-refractivity contribution >= 4 is 56.5 Å². The molecule has 0 saturated heterocycles. The number of nitrogens with zero attached hydrogens (tertiary/aromatic N) is 3. The monoisotopic (exact) mass is 533 g/mol. The summed E-state index contributed by atoms with van der Waals surface area (Å²) in [6, 6.07) is 21.4. The van der Waals surface area contributed by atoms with E-state index in [1.165, 1.54) is 0 Å². The first-order valence-electron chi connectivity index (χ1n) is 10.1. The number of ether oxygens (including phenoxy) is 1. The van der Waals surface area contributed by atoms with E-state index in [0.717, 1.165) is 20.0 Å². The second-order valence-electron chi connectivity index (χ2n) is 7.52. The van der Waals surface area contributed by atoms with Crippen molar-refractivity contribution in [1.82, 2.24) is 14.1 Å². The van der Waals surface area contributed by atoms with Crippen molar-refractivity contribution in [2.45, 2.75) is 0 Å². The zero-order chi connectivity index (χ0) is 22.2. The summed E-state index contributed by atoms with van der Waals surface area (Å²) in [5, 5.41) is 1.74. The average Bonchev–Trinajstić information content (AvgIpc) is 3.14. The van der Waals surface area contributed by atoms with Crippen molar-refractivity contribution in [3.05, 3.63) is 98.2 Å². The molecule has 0 unspecified atom stereocenters. The standard InChI is InChI=1S/C26H20IN3O2/c1-29-16-17(21-8-3-4-9-24(21)29)10-13-25-28-23-12-11-18(27)14-22(23)26(31)30(25)19-6-5-7-20(15-19)32-2/h3-16H,1-2H3/b13-10-. The third-order valence-corrected chi connectivity index (χ3v) is 6.18. The van der Waals surface area contributed by atoms with Gasteiger partial charge < -0.3 is 9.30 Å². The lowest BCUT2D eigenvalue weighted by Crippen LogP contribution is -2.22. The maximum atomic E-state index is 13.6. The molecule has 0 fully saturated rings. The minimum atomic E-state index is -0.112. The van der Waals surface area contributed by atoms with Crippen LogP contribution in [0.2, 0.25) is 0 Å². The lowest BCUT2D eigenvalue weighted by atomic mass is 10.1. The molecule has 158 valence electrons. The zero-order valence-corrected chi connectivity index (χ0v) is 19.8. The maximum absolute atomic E-state index is 13.6. The predicted octanol–water partition coefficient (Wildman–Crippen LogP) is 5.66. The van der Waals surface area contributed by atoms with Gasteiger partial charge in [0.25, 0.3) is 5.56 Å². The number of hydrogen-bond acceptors (Lipinski definition) is 3. The minimum Gasteiger partial charge on any atom is -0.497 e. The quantitative estimate of drug-likeness (QED) is 0.280. The molecule has 0 aliphatic heterocycles. The highest BCUT2D eigenvalue weighted by atomic mass is 127. The third-order valence-electron chi connectivity index (χ3n) is 5.51. The van der Waals surface area contributed by atoms with Gasteiger partial charge in [0.2, 0.25) is 0 Å². The minimum absolute atomic E-state index is 0.112. The summed E-state index contributed by atoms with van der Waals surface area (Å²) in [5.74, 6) is 1.24. The van der Waals surface area contributed by atoms with Crippen LogP contribution >= 0.6 is 22.6 Å². The molecule has 0 bridgehead atoms. The Morgan fingerprint density at radius 2 is 1.81 bits per heavy atom. The summed E-state index contributed by atoms with van der Waals surface area (Å²) in [4.78, 5) is 18.4. The fraction of sp³-hybridized carbons (Fsp3) is 0.0769. The van der Waals surface area contributed by atoms with Gasteiger partial charge in [-0.15, -0.1) is 0 Å². The summed E-state index contributed by atoms with van der Waals surface area (Å²) >= 11 is 2.21. The number of aromatic nitrogens is 3. The Labute approximate surface area is 198 Å². The summed E-state index contributed by atoms with van der Waals surface area (Å²) in [7, 11) is 3.64. The van der Waals surface area contributed by atoms with Crippen LogP contribution in [0.5, 0.6) is 5.75 Å². The van der Waals surface area contributed by atoms with Crippen LogP contribution < -0.4 is 10.3 Å². The van der Waals surface area contributed by atoms with Crippen LogP contribution in [0.15, 0.2) is 77.7 Å². The van der Waals surface area contributed by atoms with Gasteiger partial charge >= 0.3 is 0 Å². The molecule has 5 nitrogen and oxygen atoms in total. The van der Waals surface area contributed by atoms with E-state index in [4.69, 9.17) is 9.72 Å². The van der Waals surface area contributed by atoms with Crippen molar-refractivity contribution in [2.24, 2.45) is 7.05 Å². The van der Waals surface area contributed by atoms with E-state index in [2.05, 4.69) is 45.5 Å². The Bertz CT molecular complexity index is 1560. The van der Waals surface area contributed by atoms with Crippen molar-refractivity contribution in [3.63, 3.8) is 0 Å². The van der Waals surface area contributed by atoms with E-state index in [1.807, 2.05) is 73.8 Å². The number of methoxy groups -OCH3 is 1. The van der Waals surface area contributed by atoms with Crippen LogP contribution in [0.4, 0.5) is 0 Å². The highest BCUT2D eigenvalue weighted by Gasteiger charge is 2.13. The summed E-state index contributed by atoms with van der Waals surface area (Å²) in [6.07, 6.45) is 6.00. The lowest BCUT2D eigenvalue weighted by molar-refractivity contribution is 0.414. The number of halogens is 1. The zero-order valence-electron chi connectivity index (χ0n) is 17.6. The van der Waals surface area contributed by atoms with Crippen LogP contribution in [0.25, 0.3) is 39.6 Å². The first kappa shape index (κ1) is 20.5. The molecule has 0 spiro atoms. The normalized spacial score (nSPS) is 11.6. The maximum Gasteiger partial charge on any atom is 0.266 e. The molecular formula is C26H20IN3O2. The molecule has 0 radical (unpaired) electrons. The van der Waals surface area contributed by atoms with Crippen LogP contribution in [0.1, 0.15) is 11.4 Å². The van der Waals surface area contributed by atoms with E-state index >= 15 is 0 Å². The number of rotatable bonds is 4. The molecule has 2 aromatic heterocycles. The van der Waals surface area contributed by atoms with Crippen molar-refractivity contribution in [3.8, 4) is 11.4 Å². The molecule has 3 aromatic carbocycles. The molecule has 0 aliphatic rings. The molecule has 6 heteroatoms. The number of benzene rings is 3. The molecule has 0 N–H and O–H groups in total. The molecule has 0 amide bonds. The number of fused-ring (bicyclic) bond motifs is 2. The average molecular weight is 533 g/mol. The van der Waals surface area contributed by atoms with Crippen LogP contribution in [-0.2, 0) is 7.05 Å². The van der Waals surface area contributed by atoms with Gasteiger partial charge in [-0.2, -0.15) is 0 Å². The molecular weight excluding hydrogens is 513 g/mol. The summed E-state index contributed by atoms with van der Waals surface area (Å²) in [6.45, 7) is 0. The second kappa shape index (κ2) is 8.27. The Kier molecular flexibility index (Phi) is 5.30. The molecule has 5 aromatic rings. The second-order valence-corrected chi connectivity index (χ2v) is 8.76. The Morgan fingerprint density at radius 3 is 2.66 bits per heavy atom. The van der Waals surface area contributed by atoms with Crippen molar-refractivity contribution < 1.29 is 4.74 Å². The molecule has 0 aliphatic carbocycles. The van der Waals surface area contributed by atoms with Gasteiger partial charge in [-0.1, -0.05) is 24.3 Å². The van der Waals surface area contributed by atoms with Gasteiger partial charge in [0, 0.05) is 39.3 Å². The highest BCUT2D eigenvalue weighted by molar-refractivity contribution is 14.1. The van der Waals surface area contributed by atoms with Gasteiger partial charge in [0.1, 0.15) is 11.6 Å². The van der Waals surface area contributed by atoms with E-state index in [0.29, 0.717) is 28.2 Å². The largest absolute Gasteiger partial charge is 0.497 e. The van der Waals surface area contributed by atoms with E-state index < -0.39 is 0 Å².